The van der Waals surface area contributed by atoms with E-state index in [0.29, 0.717) is 6.54 Å². The Balaban J connectivity index is 1.84. The van der Waals surface area contributed by atoms with Crippen molar-refractivity contribution in [2.75, 3.05) is 19.6 Å². The summed E-state index contributed by atoms with van der Waals surface area (Å²) in [7, 11) is 0. The summed E-state index contributed by atoms with van der Waals surface area (Å²) in [5.41, 5.74) is 3.97. The van der Waals surface area contributed by atoms with Gasteiger partial charge >= 0.3 is 0 Å². The van der Waals surface area contributed by atoms with Crippen molar-refractivity contribution in [2.24, 2.45) is 5.92 Å². The summed E-state index contributed by atoms with van der Waals surface area (Å²) < 4.78 is 2.01. The monoisotopic (exact) mass is 344 g/mol. The molecule has 1 saturated heterocycles. The summed E-state index contributed by atoms with van der Waals surface area (Å²) in [6.07, 6.45) is 4.34. The third-order valence-corrected chi connectivity index (χ3v) is 5.19. The second-order valence-corrected chi connectivity index (χ2v) is 7.47. The minimum Gasteiger partial charge on any atom is -0.313 e. The van der Waals surface area contributed by atoms with Gasteiger partial charge in [-0.2, -0.15) is 0 Å². The lowest BCUT2D eigenvalue weighted by atomic mass is 9.99. The smallest absolute Gasteiger partial charge is 0.193 e. The van der Waals surface area contributed by atoms with Crippen LogP contribution in [0.15, 0.2) is 30.5 Å². The van der Waals surface area contributed by atoms with Crippen molar-refractivity contribution in [2.45, 2.75) is 33.6 Å². The number of hydrogen-bond donors (Lipinski definition) is 0. The van der Waals surface area contributed by atoms with Crippen molar-refractivity contribution in [1.29, 1.82) is 0 Å². The van der Waals surface area contributed by atoms with Gasteiger partial charge in [0.05, 0.1) is 17.9 Å². The molecule has 0 unspecified atom stereocenters. The maximum Gasteiger partial charge on any atom is 0.193 e. The van der Waals surface area contributed by atoms with E-state index in [1.165, 1.54) is 12.8 Å². The van der Waals surface area contributed by atoms with E-state index in [1.807, 2.05) is 48.9 Å². The first-order valence-corrected chi connectivity index (χ1v) is 9.03. The Bertz CT molecular complexity index is 719. The Morgan fingerprint density at radius 1 is 1.21 bits per heavy atom. The number of hydrogen-bond acceptors (Lipinski definition) is 2. The minimum absolute atomic E-state index is 0.184. The molecule has 0 atom stereocenters. The quantitative estimate of drug-likeness (QED) is 0.753. The van der Waals surface area contributed by atoms with E-state index >= 15 is 0 Å². The van der Waals surface area contributed by atoms with Crippen molar-refractivity contribution < 1.29 is 4.79 Å². The SMILES string of the molecule is Cc1cc(Cl)cc(C)c1-n1cccc1C(=O)CN1CCC(C)CC1. The molecule has 24 heavy (non-hydrogen) atoms. The van der Waals surface area contributed by atoms with Crippen LogP contribution in [0, 0.1) is 19.8 Å². The van der Waals surface area contributed by atoms with Crippen LogP contribution in [-0.4, -0.2) is 34.9 Å². The van der Waals surface area contributed by atoms with Gasteiger partial charge in [0.15, 0.2) is 5.78 Å². The number of benzene rings is 1. The third-order valence-electron chi connectivity index (χ3n) is 4.97. The van der Waals surface area contributed by atoms with Gasteiger partial charge in [-0.1, -0.05) is 18.5 Å². The predicted octanol–water partition coefficient (Wildman–Crippen LogP) is 4.66. The molecular weight excluding hydrogens is 320 g/mol. The molecule has 0 aliphatic carbocycles. The number of aromatic nitrogens is 1. The first-order valence-electron chi connectivity index (χ1n) is 8.65. The van der Waals surface area contributed by atoms with Gasteiger partial charge in [0, 0.05) is 11.2 Å². The summed E-state index contributed by atoms with van der Waals surface area (Å²) in [6, 6.07) is 7.76. The predicted molar refractivity (Wildman–Crippen MR) is 99.4 cm³/mol. The van der Waals surface area contributed by atoms with Crippen molar-refractivity contribution in [3.8, 4) is 5.69 Å². The van der Waals surface area contributed by atoms with Gasteiger partial charge in [-0.05, 0) is 81.1 Å². The van der Waals surface area contributed by atoms with Crippen LogP contribution < -0.4 is 0 Å². The van der Waals surface area contributed by atoms with E-state index in [4.69, 9.17) is 11.6 Å². The Labute approximate surface area is 149 Å². The lowest BCUT2D eigenvalue weighted by molar-refractivity contribution is 0.0893. The molecular formula is C20H25ClN2O. The van der Waals surface area contributed by atoms with Gasteiger partial charge in [-0.3, -0.25) is 9.69 Å². The highest BCUT2D eigenvalue weighted by Crippen LogP contribution is 2.26. The van der Waals surface area contributed by atoms with Crippen LogP contribution >= 0.6 is 11.6 Å². The highest BCUT2D eigenvalue weighted by Gasteiger charge is 2.21. The zero-order valence-electron chi connectivity index (χ0n) is 14.7. The number of nitrogens with zero attached hydrogens (tertiary/aromatic N) is 2. The maximum atomic E-state index is 12.9. The molecule has 2 heterocycles. The fourth-order valence-corrected chi connectivity index (χ4v) is 3.92. The van der Waals surface area contributed by atoms with Gasteiger partial charge in [0.25, 0.3) is 0 Å². The van der Waals surface area contributed by atoms with E-state index in [1.54, 1.807) is 0 Å². The number of Topliss-reactive ketones (excluding diaryl/α,β-unsaturated/α-hetero) is 1. The van der Waals surface area contributed by atoms with Crippen LogP contribution in [0.25, 0.3) is 5.69 Å². The summed E-state index contributed by atoms with van der Waals surface area (Å²) >= 11 is 6.14. The van der Waals surface area contributed by atoms with Crippen molar-refractivity contribution in [3.63, 3.8) is 0 Å². The molecule has 1 aliphatic heterocycles. The number of aryl methyl sites for hydroxylation is 2. The highest BCUT2D eigenvalue weighted by molar-refractivity contribution is 6.30. The van der Waals surface area contributed by atoms with Crippen LogP contribution in [0.1, 0.15) is 41.4 Å². The Kier molecular flexibility index (Phi) is 5.12. The van der Waals surface area contributed by atoms with Gasteiger partial charge in [-0.15, -0.1) is 0 Å². The molecule has 0 N–H and O–H groups in total. The number of carbonyl (C=O) groups excluding carboxylic acids is 1. The van der Waals surface area contributed by atoms with Crippen molar-refractivity contribution >= 4 is 17.4 Å². The molecule has 3 nitrogen and oxygen atoms in total. The minimum atomic E-state index is 0.184. The number of carbonyl (C=O) groups is 1. The molecule has 1 aromatic heterocycles. The summed E-state index contributed by atoms with van der Waals surface area (Å²) in [5, 5.41) is 0.733. The van der Waals surface area contributed by atoms with Gasteiger partial charge in [-0.25, -0.2) is 0 Å². The molecule has 0 spiro atoms. The number of rotatable bonds is 4. The van der Waals surface area contributed by atoms with Crippen LogP contribution in [-0.2, 0) is 0 Å². The maximum absolute atomic E-state index is 12.9. The lowest BCUT2D eigenvalue weighted by Gasteiger charge is -2.29. The number of piperidine rings is 1. The van der Waals surface area contributed by atoms with E-state index in [2.05, 4.69) is 11.8 Å². The molecule has 0 amide bonds. The molecule has 1 fully saturated rings. The van der Waals surface area contributed by atoms with Gasteiger partial charge in [0.1, 0.15) is 0 Å². The lowest BCUT2D eigenvalue weighted by Crippen LogP contribution is -2.37. The highest BCUT2D eigenvalue weighted by atomic mass is 35.5. The van der Waals surface area contributed by atoms with Crippen molar-refractivity contribution in [3.05, 3.63) is 52.3 Å². The Morgan fingerprint density at radius 2 is 1.83 bits per heavy atom. The average Bonchev–Trinajstić information content (AvgIpc) is 2.98. The molecule has 3 rings (SSSR count). The first-order chi connectivity index (χ1) is 11.5. The first kappa shape index (κ1) is 17.2. The molecule has 0 bridgehead atoms. The van der Waals surface area contributed by atoms with Gasteiger partial charge in [0.2, 0.25) is 0 Å². The average molecular weight is 345 g/mol. The molecule has 1 aromatic carbocycles. The van der Waals surface area contributed by atoms with Crippen molar-refractivity contribution in [1.82, 2.24) is 9.47 Å². The fraction of sp³-hybridized carbons (Fsp3) is 0.450. The molecule has 2 aromatic rings. The van der Waals surface area contributed by atoms with E-state index in [-0.39, 0.29) is 5.78 Å². The summed E-state index contributed by atoms with van der Waals surface area (Å²) in [4.78, 5) is 15.1. The van der Waals surface area contributed by atoms with Crippen LogP contribution in [0.5, 0.6) is 0 Å². The van der Waals surface area contributed by atoms with E-state index < -0.39 is 0 Å². The zero-order chi connectivity index (χ0) is 17.3. The third kappa shape index (κ3) is 3.57. The summed E-state index contributed by atoms with van der Waals surface area (Å²) in [5.74, 6) is 0.961. The molecule has 0 saturated carbocycles. The van der Waals surface area contributed by atoms with Crippen LogP contribution in [0.3, 0.4) is 0 Å². The fourth-order valence-electron chi connectivity index (χ4n) is 3.59. The number of ketones is 1. The van der Waals surface area contributed by atoms with Crippen LogP contribution in [0.4, 0.5) is 0 Å². The molecule has 1 aliphatic rings. The summed E-state index contributed by atoms with van der Waals surface area (Å²) in [6.45, 7) is 8.90. The van der Waals surface area contributed by atoms with E-state index in [9.17, 15) is 4.79 Å². The largest absolute Gasteiger partial charge is 0.313 e. The molecule has 0 radical (unpaired) electrons. The second-order valence-electron chi connectivity index (χ2n) is 7.03. The number of likely N-dealkylation sites (tertiary alicyclic amines) is 1. The molecule has 4 heteroatoms. The van der Waals surface area contributed by atoms with Crippen LogP contribution in [0.2, 0.25) is 5.02 Å². The van der Waals surface area contributed by atoms with E-state index in [0.717, 1.165) is 46.5 Å². The second kappa shape index (κ2) is 7.12. The van der Waals surface area contributed by atoms with Gasteiger partial charge < -0.3 is 4.57 Å². The standard InChI is InChI=1S/C20H25ClN2O/c1-14-6-9-22(10-7-14)13-19(24)18-5-4-8-23(18)20-15(2)11-17(21)12-16(20)3/h4-5,8,11-12,14H,6-7,9-10,13H2,1-3H3. The topological polar surface area (TPSA) is 25.2 Å². The number of halogens is 1. The Morgan fingerprint density at radius 3 is 2.46 bits per heavy atom. The zero-order valence-corrected chi connectivity index (χ0v) is 15.4. The Hall–Kier alpha value is -1.58. The normalized spacial score (nSPS) is 16.5. The molecule has 128 valence electrons.